The molecule has 0 heterocycles. The molecule has 108 valence electrons. The fourth-order valence-corrected chi connectivity index (χ4v) is 2.24. The van der Waals surface area contributed by atoms with Crippen LogP contribution in [0.4, 0.5) is 8.78 Å². The van der Waals surface area contributed by atoms with Crippen LogP contribution in [0.5, 0.6) is 0 Å². The zero-order valence-corrected chi connectivity index (χ0v) is 13.3. The Labute approximate surface area is 122 Å². The second-order valence-corrected chi connectivity index (χ2v) is 5.76. The highest BCUT2D eigenvalue weighted by atomic mass is 79.9. The first-order valence-corrected chi connectivity index (χ1v) is 7.24. The van der Waals surface area contributed by atoms with Crippen molar-refractivity contribution < 1.29 is 8.78 Å². The largest absolute Gasteiger partial charge is 0.308 e. The monoisotopic (exact) mass is 334 g/mol. The van der Waals surface area contributed by atoms with Crippen molar-refractivity contribution in [3.8, 4) is 0 Å². The molecule has 0 saturated carbocycles. The van der Waals surface area contributed by atoms with Gasteiger partial charge in [-0.25, -0.2) is 8.78 Å². The molecule has 1 aromatic carbocycles. The van der Waals surface area contributed by atoms with Crippen LogP contribution in [0.1, 0.15) is 18.9 Å². The number of hydrogen-bond donors (Lipinski definition) is 0. The molecule has 1 aromatic rings. The second kappa shape index (κ2) is 7.92. The van der Waals surface area contributed by atoms with Crippen LogP contribution < -0.4 is 0 Å². The predicted molar refractivity (Wildman–Crippen MR) is 78.2 cm³/mol. The SMILES string of the molecule is CCCN(CCN(C)C)Cc1c(F)ccc(Br)c1F. The van der Waals surface area contributed by atoms with Gasteiger partial charge in [-0.15, -0.1) is 0 Å². The fraction of sp³-hybridized carbons (Fsp3) is 0.571. The van der Waals surface area contributed by atoms with E-state index in [9.17, 15) is 8.78 Å². The summed E-state index contributed by atoms with van der Waals surface area (Å²) in [7, 11) is 3.98. The van der Waals surface area contributed by atoms with E-state index in [0.29, 0.717) is 11.0 Å². The average molecular weight is 335 g/mol. The van der Waals surface area contributed by atoms with Gasteiger partial charge in [-0.3, -0.25) is 4.90 Å². The maximum atomic E-state index is 13.9. The summed E-state index contributed by atoms with van der Waals surface area (Å²) >= 11 is 3.10. The smallest absolute Gasteiger partial charge is 0.144 e. The Morgan fingerprint density at radius 1 is 1.11 bits per heavy atom. The van der Waals surface area contributed by atoms with E-state index in [4.69, 9.17) is 0 Å². The third kappa shape index (κ3) is 5.16. The Hall–Kier alpha value is -0.520. The van der Waals surface area contributed by atoms with E-state index in [-0.39, 0.29) is 5.56 Å². The first-order chi connectivity index (χ1) is 8.95. The summed E-state index contributed by atoms with van der Waals surface area (Å²) < 4.78 is 28.0. The molecule has 2 nitrogen and oxygen atoms in total. The van der Waals surface area contributed by atoms with Crippen molar-refractivity contribution in [2.75, 3.05) is 33.7 Å². The molecular weight excluding hydrogens is 314 g/mol. The average Bonchev–Trinajstić information content (AvgIpc) is 2.36. The molecule has 0 bridgehead atoms. The molecule has 0 spiro atoms. The molecule has 0 amide bonds. The molecule has 0 radical (unpaired) electrons. The van der Waals surface area contributed by atoms with Gasteiger partial charge in [-0.1, -0.05) is 6.92 Å². The lowest BCUT2D eigenvalue weighted by molar-refractivity contribution is 0.228. The Morgan fingerprint density at radius 3 is 2.37 bits per heavy atom. The molecule has 0 fully saturated rings. The van der Waals surface area contributed by atoms with Crippen LogP contribution in [0, 0.1) is 11.6 Å². The van der Waals surface area contributed by atoms with Crippen LogP contribution >= 0.6 is 15.9 Å². The lowest BCUT2D eigenvalue weighted by atomic mass is 10.1. The normalized spacial score (nSPS) is 11.6. The number of rotatable bonds is 7. The minimum Gasteiger partial charge on any atom is -0.308 e. The molecule has 0 unspecified atom stereocenters. The minimum atomic E-state index is -0.494. The highest BCUT2D eigenvalue weighted by Gasteiger charge is 2.15. The molecule has 1 rings (SSSR count). The Morgan fingerprint density at radius 2 is 1.79 bits per heavy atom. The van der Waals surface area contributed by atoms with Crippen molar-refractivity contribution in [3.63, 3.8) is 0 Å². The van der Waals surface area contributed by atoms with Crippen molar-refractivity contribution in [1.82, 2.24) is 9.80 Å². The van der Waals surface area contributed by atoms with Crippen LogP contribution in [0.25, 0.3) is 0 Å². The molecule has 0 atom stereocenters. The van der Waals surface area contributed by atoms with Gasteiger partial charge in [-0.05, 0) is 55.1 Å². The fourth-order valence-electron chi connectivity index (χ4n) is 1.87. The predicted octanol–water partition coefficient (Wildman–Crippen LogP) is 3.50. The minimum absolute atomic E-state index is 0.140. The van der Waals surface area contributed by atoms with Crippen LogP contribution in [0.2, 0.25) is 0 Å². The van der Waals surface area contributed by atoms with E-state index in [0.717, 1.165) is 26.1 Å². The molecule has 0 aliphatic rings. The van der Waals surface area contributed by atoms with Gasteiger partial charge in [0.25, 0.3) is 0 Å². The summed E-state index contributed by atoms with van der Waals surface area (Å²) in [6.45, 7) is 4.87. The maximum absolute atomic E-state index is 13.9. The van der Waals surface area contributed by atoms with Gasteiger partial charge in [0.1, 0.15) is 11.6 Å². The van der Waals surface area contributed by atoms with Crippen LogP contribution in [-0.4, -0.2) is 43.5 Å². The van der Waals surface area contributed by atoms with Crippen molar-refractivity contribution in [2.45, 2.75) is 19.9 Å². The van der Waals surface area contributed by atoms with E-state index in [1.165, 1.54) is 12.1 Å². The summed E-state index contributed by atoms with van der Waals surface area (Å²) in [5.74, 6) is -0.974. The van der Waals surface area contributed by atoms with Gasteiger partial charge in [0.2, 0.25) is 0 Å². The van der Waals surface area contributed by atoms with Gasteiger partial charge >= 0.3 is 0 Å². The molecule has 19 heavy (non-hydrogen) atoms. The van der Waals surface area contributed by atoms with Gasteiger partial charge in [-0.2, -0.15) is 0 Å². The van der Waals surface area contributed by atoms with E-state index in [1.54, 1.807) is 0 Å². The maximum Gasteiger partial charge on any atom is 0.144 e. The van der Waals surface area contributed by atoms with Gasteiger partial charge in [0.15, 0.2) is 0 Å². The molecule has 0 N–H and O–H groups in total. The topological polar surface area (TPSA) is 6.48 Å². The standard InChI is InChI=1S/C14H21BrF2N2/c1-4-7-19(9-8-18(2)3)10-11-13(16)6-5-12(15)14(11)17/h5-6H,4,7-10H2,1-3H3. The summed E-state index contributed by atoms with van der Waals surface area (Å²) in [4.78, 5) is 4.14. The molecular formula is C14H21BrF2N2. The van der Waals surface area contributed by atoms with Crippen molar-refractivity contribution >= 4 is 15.9 Å². The first-order valence-electron chi connectivity index (χ1n) is 6.45. The van der Waals surface area contributed by atoms with Gasteiger partial charge in [0, 0.05) is 25.2 Å². The quantitative estimate of drug-likeness (QED) is 0.704. The van der Waals surface area contributed by atoms with E-state index in [2.05, 4.69) is 32.7 Å². The van der Waals surface area contributed by atoms with Crippen LogP contribution in [0.3, 0.4) is 0 Å². The van der Waals surface area contributed by atoms with Crippen LogP contribution in [0.15, 0.2) is 16.6 Å². The van der Waals surface area contributed by atoms with Crippen molar-refractivity contribution in [2.24, 2.45) is 0 Å². The third-order valence-electron chi connectivity index (χ3n) is 2.92. The lowest BCUT2D eigenvalue weighted by Gasteiger charge is -2.24. The highest BCUT2D eigenvalue weighted by molar-refractivity contribution is 9.10. The highest BCUT2D eigenvalue weighted by Crippen LogP contribution is 2.22. The Bertz CT molecular complexity index is 411. The van der Waals surface area contributed by atoms with Crippen molar-refractivity contribution in [3.05, 3.63) is 33.8 Å². The van der Waals surface area contributed by atoms with Gasteiger partial charge < -0.3 is 4.90 Å². The molecule has 5 heteroatoms. The van der Waals surface area contributed by atoms with Gasteiger partial charge in [0.05, 0.1) is 4.47 Å². The van der Waals surface area contributed by atoms with E-state index in [1.807, 2.05) is 14.1 Å². The zero-order valence-electron chi connectivity index (χ0n) is 11.7. The zero-order chi connectivity index (χ0) is 14.4. The number of nitrogens with zero attached hydrogens (tertiary/aromatic N) is 2. The second-order valence-electron chi connectivity index (χ2n) is 4.90. The molecule has 0 aliphatic heterocycles. The number of benzene rings is 1. The van der Waals surface area contributed by atoms with Crippen LogP contribution in [-0.2, 0) is 6.54 Å². The summed E-state index contributed by atoms with van der Waals surface area (Å²) in [5, 5.41) is 0. The summed E-state index contributed by atoms with van der Waals surface area (Å²) in [5.41, 5.74) is 0.140. The first kappa shape index (κ1) is 16.5. The summed E-state index contributed by atoms with van der Waals surface area (Å²) in [6.07, 6.45) is 0.963. The molecule has 0 aromatic heterocycles. The van der Waals surface area contributed by atoms with E-state index < -0.39 is 11.6 Å². The summed E-state index contributed by atoms with van der Waals surface area (Å²) in [6, 6.07) is 2.71. The van der Waals surface area contributed by atoms with E-state index >= 15 is 0 Å². The lowest BCUT2D eigenvalue weighted by Crippen LogP contribution is -2.32. The Kier molecular flexibility index (Phi) is 6.89. The number of halogens is 3. The molecule has 0 saturated heterocycles. The number of likely N-dealkylation sites (N-methyl/N-ethyl adjacent to an activating group) is 1. The van der Waals surface area contributed by atoms with Crippen molar-refractivity contribution in [1.29, 1.82) is 0 Å². The number of hydrogen-bond acceptors (Lipinski definition) is 2. The third-order valence-corrected chi connectivity index (χ3v) is 3.54. The Balaban J connectivity index is 2.81. The molecule has 0 aliphatic carbocycles.